The summed E-state index contributed by atoms with van der Waals surface area (Å²) in [5, 5.41) is 3.17. The third-order valence-corrected chi connectivity index (χ3v) is 4.78. The third kappa shape index (κ3) is 3.21. The van der Waals surface area contributed by atoms with Crippen molar-refractivity contribution in [3.05, 3.63) is 29.8 Å². The first-order chi connectivity index (χ1) is 10.1. The minimum absolute atomic E-state index is 0.235. The van der Waals surface area contributed by atoms with Gasteiger partial charge in [0.2, 0.25) is 5.91 Å². The van der Waals surface area contributed by atoms with Gasteiger partial charge in [-0.1, -0.05) is 31.5 Å². The zero-order valence-corrected chi connectivity index (χ0v) is 13.0. The van der Waals surface area contributed by atoms with Gasteiger partial charge in [-0.2, -0.15) is 0 Å². The molecule has 0 aromatic heterocycles. The minimum atomic E-state index is -0.548. The third-order valence-electron chi connectivity index (χ3n) is 4.78. The number of hydrogen-bond acceptors (Lipinski definition) is 3. The average Bonchev–Trinajstić information content (AvgIpc) is 2.92. The van der Waals surface area contributed by atoms with Crippen molar-refractivity contribution in [1.82, 2.24) is 5.32 Å². The summed E-state index contributed by atoms with van der Waals surface area (Å²) in [6.07, 6.45) is 4.71. The molecule has 0 spiro atoms. The Morgan fingerprint density at radius 3 is 2.90 bits per heavy atom. The summed E-state index contributed by atoms with van der Waals surface area (Å²) in [5.41, 5.74) is 6.29. The fraction of sp³-hybridized carbons (Fsp3) is 0.588. The summed E-state index contributed by atoms with van der Waals surface area (Å²) in [4.78, 5) is 11.8. The van der Waals surface area contributed by atoms with Gasteiger partial charge in [0.1, 0.15) is 11.3 Å². The molecule has 1 aliphatic carbocycles. The van der Waals surface area contributed by atoms with Crippen LogP contribution in [0.3, 0.4) is 0 Å². The first-order valence-corrected chi connectivity index (χ1v) is 7.83. The molecule has 0 saturated heterocycles. The lowest BCUT2D eigenvalue weighted by Gasteiger charge is -2.32. The monoisotopic (exact) mass is 290 g/mol. The Morgan fingerprint density at radius 1 is 1.48 bits per heavy atom. The molecule has 2 atom stereocenters. The number of nitrogens with two attached hydrogens (primary N) is 1. The van der Waals surface area contributed by atoms with E-state index in [0.717, 1.165) is 37.9 Å². The van der Waals surface area contributed by atoms with Crippen molar-refractivity contribution in [2.45, 2.75) is 44.6 Å². The van der Waals surface area contributed by atoms with Gasteiger partial charge in [-0.25, -0.2) is 0 Å². The summed E-state index contributed by atoms with van der Waals surface area (Å²) in [6, 6.07) is 8.12. The lowest BCUT2D eigenvalue weighted by Crippen LogP contribution is -2.56. The molecule has 21 heavy (non-hydrogen) atoms. The smallest absolute Gasteiger partial charge is 0.238 e. The van der Waals surface area contributed by atoms with E-state index in [4.69, 9.17) is 10.5 Å². The number of hydrogen-bond donors (Lipinski definition) is 2. The van der Waals surface area contributed by atoms with Crippen LogP contribution in [-0.2, 0) is 11.2 Å². The number of benzene rings is 1. The first kappa shape index (κ1) is 15.8. The minimum Gasteiger partial charge on any atom is -0.493 e. The molecule has 3 N–H and O–H groups in total. The van der Waals surface area contributed by atoms with Gasteiger partial charge >= 0.3 is 0 Å². The van der Waals surface area contributed by atoms with E-state index < -0.39 is 5.54 Å². The van der Waals surface area contributed by atoms with Crippen LogP contribution in [0.25, 0.3) is 0 Å². The van der Waals surface area contributed by atoms with Crippen LogP contribution in [-0.4, -0.2) is 25.1 Å². The SMILES string of the molecule is CCc1ccccc1OCCC1CCCC1(NC)C(N)=O. The molecule has 1 saturated carbocycles. The molecule has 0 bridgehead atoms. The molecule has 1 aromatic carbocycles. The Bertz CT molecular complexity index is 489. The van der Waals surface area contributed by atoms with E-state index in [-0.39, 0.29) is 11.8 Å². The van der Waals surface area contributed by atoms with Gasteiger partial charge in [-0.3, -0.25) is 4.79 Å². The number of carbonyl (C=O) groups excluding carboxylic acids is 1. The number of carbonyl (C=O) groups is 1. The lowest BCUT2D eigenvalue weighted by molar-refractivity contribution is -0.125. The molecule has 1 aliphatic rings. The number of amides is 1. The second kappa shape index (κ2) is 6.94. The molecule has 1 aromatic rings. The molecule has 4 nitrogen and oxygen atoms in total. The zero-order valence-electron chi connectivity index (χ0n) is 13.0. The maximum absolute atomic E-state index is 11.8. The highest BCUT2D eigenvalue weighted by Gasteiger charge is 2.46. The van der Waals surface area contributed by atoms with E-state index in [0.29, 0.717) is 6.61 Å². The van der Waals surface area contributed by atoms with Crippen molar-refractivity contribution in [2.75, 3.05) is 13.7 Å². The van der Waals surface area contributed by atoms with Crippen molar-refractivity contribution in [1.29, 1.82) is 0 Å². The normalized spacial score (nSPS) is 25.0. The molecule has 116 valence electrons. The molecule has 1 fully saturated rings. The molecule has 1 amide bonds. The number of likely N-dealkylation sites (N-methyl/N-ethyl adjacent to an activating group) is 1. The standard InChI is InChI=1S/C17H26N2O2/c1-3-13-7-4-5-9-15(13)21-12-10-14-8-6-11-17(14,19-2)16(18)20/h4-5,7,9,14,19H,3,6,8,10-12H2,1-2H3,(H2,18,20). The van der Waals surface area contributed by atoms with E-state index in [1.54, 1.807) is 0 Å². The molecule has 0 aliphatic heterocycles. The van der Waals surface area contributed by atoms with E-state index >= 15 is 0 Å². The van der Waals surface area contributed by atoms with E-state index in [1.807, 2.05) is 25.2 Å². The molecule has 2 unspecified atom stereocenters. The van der Waals surface area contributed by atoms with Crippen LogP contribution in [0.5, 0.6) is 5.75 Å². The van der Waals surface area contributed by atoms with Crippen molar-refractivity contribution in [2.24, 2.45) is 11.7 Å². The highest BCUT2D eigenvalue weighted by Crippen LogP contribution is 2.37. The van der Waals surface area contributed by atoms with Gasteiger partial charge in [-0.15, -0.1) is 0 Å². The number of aryl methyl sites for hydroxylation is 1. The van der Waals surface area contributed by atoms with Crippen LogP contribution < -0.4 is 15.8 Å². The molecule has 2 rings (SSSR count). The van der Waals surface area contributed by atoms with Crippen LogP contribution in [0.1, 0.15) is 38.2 Å². The highest BCUT2D eigenvalue weighted by molar-refractivity contribution is 5.85. The second-order valence-electron chi connectivity index (χ2n) is 5.77. The first-order valence-electron chi connectivity index (χ1n) is 7.83. The van der Waals surface area contributed by atoms with Crippen LogP contribution >= 0.6 is 0 Å². The Balaban J connectivity index is 1.95. The van der Waals surface area contributed by atoms with Crippen molar-refractivity contribution >= 4 is 5.91 Å². The van der Waals surface area contributed by atoms with E-state index in [1.165, 1.54) is 5.56 Å². The molecule has 0 heterocycles. The quantitative estimate of drug-likeness (QED) is 0.809. The summed E-state index contributed by atoms with van der Waals surface area (Å²) in [6.45, 7) is 2.75. The number of rotatable bonds is 7. The molecular formula is C17H26N2O2. The predicted octanol–water partition coefficient (Wildman–Crippen LogP) is 2.26. The van der Waals surface area contributed by atoms with Gasteiger partial charge in [0.25, 0.3) is 0 Å². The lowest BCUT2D eigenvalue weighted by atomic mass is 9.84. The predicted molar refractivity (Wildman–Crippen MR) is 84.3 cm³/mol. The Labute approximate surface area is 127 Å². The molecule has 4 heteroatoms. The van der Waals surface area contributed by atoms with E-state index in [2.05, 4.69) is 18.3 Å². The second-order valence-corrected chi connectivity index (χ2v) is 5.77. The highest BCUT2D eigenvalue weighted by atomic mass is 16.5. The fourth-order valence-electron chi connectivity index (χ4n) is 3.49. The topological polar surface area (TPSA) is 64.3 Å². The van der Waals surface area contributed by atoms with Crippen LogP contribution in [0.2, 0.25) is 0 Å². The van der Waals surface area contributed by atoms with Gasteiger partial charge in [0.15, 0.2) is 0 Å². The zero-order chi connectivity index (χ0) is 15.3. The number of ether oxygens (including phenoxy) is 1. The van der Waals surface area contributed by atoms with Gasteiger partial charge in [0, 0.05) is 0 Å². The molecule has 0 radical (unpaired) electrons. The van der Waals surface area contributed by atoms with Crippen molar-refractivity contribution < 1.29 is 9.53 Å². The summed E-state index contributed by atoms with van der Waals surface area (Å²) < 4.78 is 5.93. The molecular weight excluding hydrogens is 264 g/mol. The van der Waals surface area contributed by atoms with Crippen LogP contribution in [0.4, 0.5) is 0 Å². The van der Waals surface area contributed by atoms with Gasteiger partial charge in [-0.05, 0) is 50.3 Å². The van der Waals surface area contributed by atoms with Gasteiger partial charge in [0.05, 0.1) is 6.61 Å². The van der Waals surface area contributed by atoms with Crippen molar-refractivity contribution in [3.8, 4) is 5.75 Å². The Hall–Kier alpha value is -1.55. The van der Waals surface area contributed by atoms with E-state index in [9.17, 15) is 4.79 Å². The maximum atomic E-state index is 11.8. The van der Waals surface area contributed by atoms with Crippen molar-refractivity contribution in [3.63, 3.8) is 0 Å². The van der Waals surface area contributed by atoms with Gasteiger partial charge < -0.3 is 15.8 Å². The maximum Gasteiger partial charge on any atom is 0.238 e. The average molecular weight is 290 g/mol. The van der Waals surface area contributed by atoms with Crippen LogP contribution in [0, 0.1) is 5.92 Å². The fourth-order valence-corrected chi connectivity index (χ4v) is 3.49. The van der Waals surface area contributed by atoms with Crippen LogP contribution in [0.15, 0.2) is 24.3 Å². The summed E-state index contributed by atoms with van der Waals surface area (Å²) in [5.74, 6) is 0.974. The number of nitrogens with one attached hydrogen (secondary N) is 1. The Kier molecular flexibility index (Phi) is 5.23. The summed E-state index contributed by atoms with van der Waals surface area (Å²) in [7, 11) is 1.83. The number of primary amides is 1. The number of para-hydroxylation sites is 1. The Morgan fingerprint density at radius 2 is 2.24 bits per heavy atom. The summed E-state index contributed by atoms with van der Waals surface area (Å²) >= 11 is 0. The largest absolute Gasteiger partial charge is 0.493 e.